The van der Waals surface area contributed by atoms with Gasteiger partial charge in [0.15, 0.2) is 11.5 Å². The molecule has 2 aromatic heterocycles. The third-order valence-corrected chi connectivity index (χ3v) is 3.88. The molecule has 0 amide bonds. The Hall–Kier alpha value is -1.65. The zero-order valence-electron chi connectivity index (χ0n) is 8.93. The average Bonchev–Trinajstić information content (AvgIpc) is 3.03. The van der Waals surface area contributed by atoms with E-state index in [1.165, 1.54) is 19.3 Å². The Balaban J connectivity index is 1.84. The summed E-state index contributed by atoms with van der Waals surface area (Å²) in [5, 5.41) is 0. The lowest BCUT2D eigenvalue weighted by Crippen LogP contribution is -2.32. The van der Waals surface area contributed by atoms with Crippen LogP contribution in [0.2, 0.25) is 0 Å². The number of imidazole rings is 1. The molecule has 16 heavy (non-hydrogen) atoms. The molecule has 82 valence electrons. The molecule has 2 fully saturated rings. The van der Waals surface area contributed by atoms with Gasteiger partial charge < -0.3 is 9.88 Å². The van der Waals surface area contributed by atoms with Crippen LogP contribution in [-0.4, -0.2) is 32.5 Å². The van der Waals surface area contributed by atoms with Crippen LogP contribution in [-0.2, 0) is 0 Å². The normalized spacial score (nSPS) is 28.1. The maximum absolute atomic E-state index is 4.42. The number of rotatable bonds is 1. The van der Waals surface area contributed by atoms with Crippen LogP contribution in [0.5, 0.6) is 0 Å². The van der Waals surface area contributed by atoms with Crippen LogP contribution in [0.25, 0.3) is 11.2 Å². The van der Waals surface area contributed by atoms with Crippen molar-refractivity contribution in [1.29, 1.82) is 0 Å². The smallest absolute Gasteiger partial charge is 0.182 e. The summed E-state index contributed by atoms with van der Waals surface area (Å²) in [6.45, 7) is 1.15. The van der Waals surface area contributed by atoms with E-state index in [-0.39, 0.29) is 0 Å². The summed E-state index contributed by atoms with van der Waals surface area (Å²) in [4.78, 5) is 18.3. The zero-order chi connectivity index (χ0) is 10.5. The Labute approximate surface area is 92.9 Å². The van der Waals surface area contributed by atoms with E-state index in [1.54, 1.807) is 12.7 Å². The van der Waals surface area contributed by atoms with Gasteiger partial charge in [-0.25, -0.2) is 15.0 Å². The molecule has 5 nitrogen and oxygen atoms in total. The van der Waals surface area contributed by atoms with Gasteiger partial charge in [0, 0.05) is 12.6 Å². The van der Waals surface area contributed by atoms with Crippen molar-refractivity contribution in [3.63, 3.8) is 0 Å². The second-order valence-corrected chi connectivity index (χ2v) is 4.78. The van der Waals surface area contributed by atoms with Crippen LogP contribution in [0, 0.1) is 5.92 Å². The number of hydrogen-bond acceptors (Lipinski definition) is 4. The summed E-state index contributed by atoms with van der Waals surface area (Å²) in [6.07, 6.45) is 7.34. The first kappa shape index (κ1) is 8.50. The fourth-order valence-corrected chi connectivity index (χ4v) is 3.15. The number of anilines is 1. The molecule has 1 aliphatic carbocycles. The van der Waals surface area contributed by atoms with Gasteiger partial charge in [-0.05, 0) is 25.2 Å². The number of aromatic nitrogens is 4. The van der Waals surface area contributed by atoms with E-state index in [9.17, 15) is 0 Å². The van der Waals surface area contributed by atoms with Gasteiger partial charge >= 0.3 is 0 Å². The lowest BCUT2D eigenvalue weighted by Gasteiger charge is -2.27. The van der Waals surface area contributed by atoms with Crippen LogP contribution in [0.1, 0.15) is 19.3 Å². The second-order valence-electron chi connectivity index (χ2n) is 4.78. The van der Waals surface area contributed by atoms with E-state index in [0.717, 1.165) is 29.4 Å². The maximum atomic E-state index is 4.42. The molecule has 2 unspecified atom stereocenters. The summed E-state index contributed by atoms with van der Waals surface area (Å²) >= 11 is 0. The Morgan fingerprint density at radius 3 is 3.06 bits per heavy atom. The number of hydrogen-bond donors (Lipinski definition) is 1. The fourth-order valence-electron chi connectivity index (χ4n) is 3.15. The summed E-state index contributed by atoms with van der Waals surface area (Å²) in [6, 6.07) is 0.686. The van der Waals surface area contributed by atoms with Gasteiger partial charge in [-0.3, -0.25) is 0 Å². The van der Waals surface area contributed by atoms with Gasteiger partial charge in [-0.2, -0.15) is 0 Å². The van der Waals surface area contributed by atoms with Gasteiger partial charge in [0.05, 0.1) is 6.33 Å². The van der Waals surface area contributed by atoms with E-state index in [1.807, 2.05) is 0 Å². The summed E-state index contributed by atoms with van der Waals surface area (Å²) < 4.78 is 0. The Morgan fingerprint density at radius 1 is 1.25 bits per heavy atom. The van der Waals surface area contributed by atoms with Crippen molar-refractivity contribution in [3.05, 3.63) is 12.7 Å². The monoisotopic (exact) mass is 215 g/mol. The molecular formula is C11H13N5. The number of H-pyrrole nitrogens is 1. The molecule has 0 spiro atoms. The molecule has 1 N–H and O–H groups in total. The highest BCUT2D eigenvalue weighted by Gasteiger charge is 2.39. The first-order valence-electron chi connectivity index (χ1n) is 5.82. The van der Waals surface area contributed by atoms with Crippen LogP contribution < -0.4 is 4.90 Å². The third kappa shape index (κ3) is 1.03. The molecule has 0 radical (unpaired) electrons. The Morgan fingerprint density at radius 2 is 2.25 bits per heavy atom. The largest absolute Gasteiger partial charge is 0.351 e. The lowest BCUT2D eigenvalue weighted by molar-refractivity contribution is 0.551. The lowest BCUT2D eigenvalue weighted by atomic mass is 10.1. The van der Waals surface area contributed by atoms with Gasteiger partial charge in [0.1, 0.15) is 11.8 Å². The van der Waals surface area contributed by atoms with Crippen LogP contribution >= 0.6 is 0 Å². The van der Waals surface area contributed by atoms with Gasteiger partial charge in [0.2, 0.25) is 0 Å². The van der Waals surface area contributed by atoms with E-state index >= 15 is 0 Å². The quantitative estimate of drug-likeness (QED) is 0.780. The van der Waals surface area contributed by atoms with Gasteiger partial charge in [-0.1, -0.05) is 0 Å². The van der Waals surface area contributed by atoms with E-state index in [2.05, 4.69) is 24.8 Å². The minimum atomic E-state index is 0.686. The molecule has 2 aromatic rings. The first-order chi connectivity index (χ1) is 7.92. The Bertz CT molecular complexity index is 534. The van der Waals surface area contributed by atoms with Crippen molar-refractivity contribution < 1.29 is 0 Å². The summed E-state index contributed by atoms with van der Waals surface area (Å²) in [7, 11) is 0. The number of fused-ring (bicyclic) bond motifs is 3. The fraction of sp³-hybridized carbons (Fsp3) is 0.545. The van der Waals surface area contributed by atoms with Crippen molar-refractivity contribution in [3.8, 4) is 0 Å². The highest BCUT2D eigenvalue weighted by Crippen LogP contribution is 2.40. The highest BCUT2D eigenvalue weighted by atomic mass is 15.3. The van der Waals surface area contributed by atoms with Crippen molar-refractivity contribution in [2.24, 2.45) is 5.92 Å². The summed E-state index contributed by atoms with van der Waals surface area (Å²) in [5.41, 5.74) is 1.75. The highest BCUT2D eigenvalue weighted by molar-refractivity contribution is 5.83. The van der Waals surface area contributed by atoms with Crippen LogP contribution in [0.15, 0.2) is 12.7 Å². The van der Waals surface area contributed by atoms with Crippen LogP contribution in [0.4, 0.5) is 5.82 Å². The SMILES string of the molecule is c1nc(N2CC3CCC2C3)c2[nH]cnc2n1. The van der Waals surface area contributed by atoms with Crippen molar-refractivity contribution in [2.45, 2.75) is 25.3 Å². The second kappa shape index (κ2) is 2.93. The Kier molecular flexibility index (Phi) is 1.56. The summed E-state index contributed by atoms with van der Waals surface area (Å²) in [5.74, 6) is 1.91. The molecule has 2 atom stereocenters. The minimum Gasteiger partial charge on any atom is -0.351 e. The van der Waals surface area contributed by atoms with Crippen molar-refractivity contribution in [2.75, 3.05) is 11.4 Å². The average molecular weight is 215 g/mol. The van der Waals surface area contributed by atoms with E-state index in [0.29, 0.717) is 6.04 Å². The number of nitrogens with one attached hydrogen (secondary N) is 1. The molecule has 5 heteroatoms. The van der Waals surface area contributed by atoms with Crippen LogP contribution in [0.3, 0.4) is 0 Å². The molecule has 4 rings (SSSR count). The van der Waals surface area contributed by atoms with E-state index in [4.69, 9.17) is 0 Å². The predicted octanol–water partition coefficient (Wildman–Crippen LogP) is 1.34. The number of nitrogens with zero attached hydrogens (tertiary/aromatic N) is 4. The zero-order valence-corrected chi connectivity index (χ0v) is 8.93. The van der Waals surface area contributed by atoms with Gasteiger partial charge in [-0.15, -0.1) is 0 Å². The van der Waals surface area contributed by atoms with Crippen molar-refractivity contribution >= 4 is 17.0 Å². The van der Waals surface area contributed by atoms with E-state index < -0.39 is 0 Å². The predicted molar refractivity (Wildman–Crippen MR) is 60.2 cm³/mol. The first-order valence-corrected chi connectivity index (χ1v) is 5.82. The molecule has 0 aromatic carbocycles. The number of aromatic amines is 1. The number of piperidine rings is 1. The standard InChI is InChI=1S/C11H13N5/c1-2-8-3-7(1)4-16(8)11-9-10(13-5-12-9)14-6-15-11/h5-8H,1-4H2,(H,12,13,14,15). The molecular weight excluding hydrogens is 202 g/mol. The molecule has 2 bridgehead atoms. The maximum Gasteiger partial charge on any atom is 0.182 e. The molecule has 1 saturated heterocycles. The topological polar surface area (TPSA) is 57.7 Å². The molecule has 3 heterocycles. The molecule has 1 saturated carbocycles. The molecule has 1 aliphatic heterocycles. The molecule has 2 aliphatic rings. The van der Waals surface area contributed by atoms with Crippen molar-refractivity contribution in [1.82, 2.24) is 19.9 Å². The minimum absolute atomic E-state index is 0.686. The van der Waals surface area contributed by atoms with Gasteiger partial charge in [0.25, 0.3) is 0 Å². The third-order valence-electron chi connectivity index (χ3n) is 3.88.